The molecule has 4 aromatic carbocycles. The fraction of sp³-hybridized carbons (Fsp3) is 0.0909. The summed E-state index contributed by atoms with van der Waals surface area (Å²) in [5.74, 6) is 0.988. The first kappa shape index (κ1) is 17.1. The Bertz CT molecular complexity index is 1130. The normalized spacial score (nSPS) is 15.3. The van der Waals surface area contributed by atoms with E-state index in [4.69, 9.17) is 4.52 Å². The van der Waals surface area contributed by atoms with Crippen LogP contribution in [0.5, 0.6) is 5.75 Å². The number of hydrogen-bond donors (Lipinski definition) is 0. The lowest BCUT2D eigenvalue weighted by Gasteiger charge is -2.33. The van der Waals surface area contributed by atoms with Crippen LogP contribution in [0.3, 0.4) is 0 Å². The zero-order chi connectivity index (χ0) is 17.0. The number of rotatable bonds is 1. The number of hydrogen-bond acceptors (Lipinski definition) is 2. The standard InChI is InChI=1S/C22H18NOP.B/c1-23(2)25-20-14-12-16-8-4-6-10-18(16)22(20)21-17-9-5-3-7-15(17)11-13-19(21)24-25;/h3-14H,1-2H3;. The molecule has 1 unspecified atom stereocenters. The highest BCUT2D eigenvalue weighted by Gasteiger charge is 2.31. The second-order valence-corrected chi connectivity index (χ2v) is 8.56. The van der Waals surface area contributed by atoms with Crippen LogP contribution in [-0.2, 0) is 0 Å². The van der Waals surface area contributed by atoms with Gasteiger partial charge in [-0.2, -0.15) is 0 Å². The van der Waals surface area contributed by atoms with Crippen LogP contribution in [0.4, 0.5) is 0 Å². The van der Waals surface area contributed by atoms with Crippen molar-refractivity contribution in [3.8, 4) is 16.9 Å². The average molecular weight is 354 g/mol. The smallest absolute Gasteiger partial charge is 0.197 e. The summed E-state index contributed by atoms with van der Waals surface area (Å²) in [6.45, 7) is 0. The minimum Gasteiger partial charge on any atom is -0.453 e. The molecule has 1 aliphatic rings. The maximum atomic E-state index is 6.47. The third-order valence-electron chi connectivity index (χ3n) is 4.80. The molecule has 2 nitrogen and oxygen atoms in total. The minimum absolute atomic E-state index is 0. The van der Waals surface area contributed by atoms with Crippen LogP contribution in [0.1, 0.15) is 0 Å². The van der Waals surface area contributed by atoms with Gasteiger partial charge >= 0.3 is 0 Å². The largest absolute Gasteiger partial charge is 0.453 e. The first-order valence-electron chi connectivity index (χ1n) is 8.43. The average Bonchev–Trinajstić information content (AvgIpc) is 2.66. The fourth-order valence-electron chi connectivity index (χ4n) is 3.71. The molecule has 0 saturated heterocycles. The summed E-state index contributed by atoms with van der Waals surface area (Å²) in [5, 5.41) is 6.37. The molecule has 1 aliphatic heterocycles. The summed E-state index contributed by atoms with van der Waals surface area (Å²) in [4.78, 5) is 0. The summed E-state index contributed by atoms with van der Waals surface area (Å²) in [6, 6.07) is 26.0. The van der Waals surface area contributed by atoms with Gasteiger partial charge in [-0.25, -0.2) is 0 Å². The molecule has 3 radical (unpaired) electrons. The monoisotopic (exact) mass is 354 g/mol. The SMILES string of the molecule is CN(C)P1Oc2ccc3ccccc3c2-c2c1ccc1ccccc21.[B]. The van der Waals surface area contributed by atoms with E-state index in [1.165, 1.54) is 38.0 Å². The molecule has 0 fully saturated rings. The van der Waals surface area contributed by atoms with Crippen LogP contribution in [0.25, 0.3) is 32.7 Å². The molecule has 125 valence electrons. The second kappa shape index (κ2) is 6.43. The predicted octanol–water partition coefficient (Wildman–Crippen LogP) is 5.17. The lowest BCUT2D eigenvalue weighted by atomic mass is 9.93. The van der Waals surface area contributed by atoms with E-state index in [-0.39, 0.29) is 8.41 Å². The second-order valence-electron chi connectivity index (χ2n) is 6.55. The number of benzene rings is 4. The first-order chi connectivity index (χ1) is 12.2. The molecule has 4 aromatic rings. The maximum Gasteiger partial charge on any atom is 0.197 e. The number of fused-ring (bicyclic) bond motifs is 7. The maximum absolute atomic E-state index is 6.47. The van der Waals surface area contributed by atoms with E-state index in [1.54, 1.807) is 0 Å². The van der Waals surface area contributed by atoms with Crippen molar-refractivity contribution in [1.29, 1.82) is 0 Å². The van der Waals surface area contributed by atoms with Crippen molar-refractivity contribution in [3.05, 3.63) is 72.8 Å². The summed E-state index contributed by atoms with van der Waals surface area (Å²) < 4.78 is 8.66. The fourth-order valence-corrected chi connectivity index (χ4v) is 5.36. The van der Waals surface area contributed by atoms with E-state index in [1.807, 2.05) is 0 Å². The van der Waals surface area contributed by atoms with Crippen LogP contribution >= 0.6 is 8.30 Å². The van der Waals surface area contributed by atoms with E-state index < -0.39 is 8.30 Å². The van der Waals surface area contributed by atoms with Crippen molar-refractivity contribution in [2.75, 3.05) is 14.1 Å². The van der Waals surface area contributed by atoms with Crippen LogP contribution in [0.2, 0.25) is 0 Å². The molecule has 1 atom stereocenters. The highest BCUT2D eigenvalue weighted by molar-refractivity contribution is 7.59. The van der Waals surface area contributed by atoms with Gasteiger partial charge in [0.2, 0.25) is 0 Å². The Labute approximate surface area is 156 Å². The van der Waals surface area contributed by atoms with Crippen molar-refractivity contribution >= 4 is 43.6 Å². The lowest BCUT2D eigenvalue weighted by Crippen LogP contribution is -2.23. The zero-order valence-corrected chi connectivity index (χ0v) is 15.7. The van der Waals surface area contributed by atoms with Crippen LogP contribution in [0.15, 0.2) is 72.8 Å². The van der Waals surface area contributed by atoms with Crippen molar-refractivity contribution in [1.82, 2.24) is 4.67 Å². The molecule has 0 N–H and O–H groups in total. The molecule has 5 rings (SSSR count). The van der Waals surface area contributed by atoms with E-state index in [0.717, 1.165) is 5.75 Å². The quantitative estimate of drug-likeness (QED) is 0.345. The third kappa shape index (κ3) is 2.43. The van der Waals surface area contributed by atoms with E-state index in [2.05, 4.69) is 91.6 Å². The number of nitrogens with zero attached hydrogens (tertiary/aromatic N) is 1. The Morgan fingerprint density at radius 1 is 0.692 bits per heavy atom. The van der Waals surface area contributed by atoms with Crippen molar-refractivity contribution in [3.63, 3.8) is 0 Å². The van der Waals surface area contributed by atoms with E-state index in [0.29, 0.717) is 0 Å². The lowest BCUT2D eigenvalue weighted by molar-refractivity contribution is 0.539. The van der Waals surface area contributed by atoms with Gasteiger partial charge in [-0.1, -0.05) is 60.7 Å². The van der Waals surface area contributed by atoms with Crippen LogP contribution in [-0.4, -0.2) is 27.2 Å². The summed E-state index contributed by atoms with van der Waals surface area (Å²) in [7, 11) is 3.36. The summed E-state index contributed by atoms with van der Waals surface area (Å²) >= 11 is 0. The van der Waals surface area contributed by atoms with Gasteiger partial charge < -0.3 is 4.52 Å². The van der Waals surface area contributed by atoms with Crippen LogP contribution < -0.4 is 9.83 Å². The van der Waals surface area contributed by atoms with Crippen LogP contribution in [0, 0.1) is 0 Å². The van der Waals surface area contributed by atoms with Gasteiger partial charge in [-0.3, -0.25) is 4.67 Å². The Balaban J connectivity index is 0.00000168. The molecule has 0 aromatic heterocycles. The molecular formula is C22H18BNOP. The third-order valence-corrected chi connectivity index (χ3v) is 6.68. The van der Waals surface area contributed by atoms with Gasteiger partial charge in [-0.15, -0.1) is 0 Å². The van der Waals surface area contributed by atoms with Gasteiger partial charge in [0.05, 0.1) is 0 Å². The predicted molar refractivity (Wildman–Crippen MR) is 114 cm³/mol. The Hall–Kier alpha value is -2.35. The zero-order valence-electron chi connectivity index (χ0n) is 14.8. The molecular weight excluding hydrogens is 336 g/mol. The minimum atomic E-state index is -0.828. The Kier molecular flexibility index (Phi) is 4.22. The molecule has 0 amide bonds. The van der Waals surface area contributed by atoms with Gasteiger partial charge in [0.1, 0.15) is 5.75 Å². The highest BCUT2D eigenvalue weighted by atomic mass is 31.2. The molecule has 1 heterocycles. The van der Waals surface area contributed by atoms with Gasteiger partial charge in [0.25, 0.3) is 0 Å². The highest BCUT2D eigenvalue weighted by Crippen LogP contribution is 2.53. The summed E-state index contributed by atoms with van der Waals surface area (Å²) in [6.07, 6.45) is 0. The molecule has 26 heavy (non-hydrogen) atoms. The van der Waals surface area contributed by atoms with Crippen molar-refractivity contribution in [2.45, 2.75) is 0 Å². The molecule has 0 saturated carbocycles. The summed E-state index contributed by atoms with van der Waals surface area (Å²) in [5.41, 5.74) is 2.56. The topological polar surface area (TPSA) is 12.5 Å². The van der Waals surface area contributed by atoms with Gasteiger partial charge in [0.15, 0.2) is 8.30 Å². The van der Waals surface area contributed by atoms with E-state index >= 15 is 0 Å². The molecule has 0 spiro atoms. The first-order valence-corrected chi connectivity index (χ1v) is 9.64. The van der Waals surface area contributed by atoms with Crippen molar-refractivity contribution < 1.29 is 4.52 Å². The van der Waals surface area contributed by atoms with Crippen molar-refractivity contribution in [2.24, 2.45) is 0 Å². The van der Waals surface area contributed by atoms with Gasteiger partial charge in [-0.05, 0) is 47.8 Å². The Morgan fingerprint density at radius 2 is 1.27 bits per heavy atom. The van der Waals surface area contributed by atoms with E-state index in [9.17, 15) is 0 Å². The Morgan fingerprint density at radius 3 is 1.92 bits per heavy atom. The van der Waals surface area contributed by atoms with Gasteiger partial charge in [0, 0.05) is 24.8 Å². The molecule has 0 aliphatic carbocycles. The molecule has 4 heteroatoms. The molecule has 0 bridgehead atoms.